The quantitative estimate of drug-likeness (QED) is 0.713. The fourth-order valence-corrected chi connectivity index (χ4v) is 1.13. The van der Waals surface area contributed by atoms with Gasteiger partial charge < -0.3 is 5.11 Å². The van der Waals surface area contributed by atoms with Crippen LogP contribution < -0.4 is 0 Å². The Kier molecular flexibility index (Phi) is 2.19. The third-order valence-electron chi connectivity index (χ3n) is 1.62. The monoisotopic (exact) mass is 169 g/mol. The van der Waals surface area contributed by atoms with Crippen LogP contribution in [0.25, 0.3) is 0 Å². The van der Waals surface area contributed by atoms with Gasteiger partial charge in [-0.3, -0.25) is 0 Å². The molecule has 4 heteroatoms. The fourth-order valence-electron chi connectivity index (χ4n) is 1.13. The molecule has 1 heterocycles. The lowest BCUT2D eigenvalue weighted by molar-refractivity contribution is 0.0636. The number of nitrogens with zero attached hydrogens (tertiary/aromatic N) is 3. The van der Waals surface area contributed by atoms with Crippen LogP contribution in [0.5, 0.6) is 0 Å². The first-order valence-corrected chi connectivity index (χ1v) is 4.09. The average molecular weight is 169 g/mol. The summed E-state index contributed by atoms with van der Waals surface area (Å²) in [5, 5.41) is 13.8. The van der Waals surface area contributed by atoms with Gasteiger partial charge in [-0.25, -0.2) is 9.67 Å². The summed E-state index contributed by atoms with van der Waals surface area (Å²) >= 11 is 0. The Morgan fingerprint density at radius 1 is 1.50 bits per heavy atom. The zero-order chi connectivity index (χ0) is 9.35. The van der Waals surface area contributed by atoms with Crippen molar-refractivity contribution in [2.24, 2.45) is 0 Å². The van der Waals surface area contributed by atoms with Crippen LogP contribution in [-0.2, 0) is 12.1 Å². The number of aromatic nitrogens is 3. The van der Waals surface area contributed by atoms with E-state index in [9.17, 15) is 5.11 Å². The van der Waals surface area contributed by atoms with Gasteiger partial charge in [0.25, 0.3) is 0 Å². The number of aryl methyl sites for hydroxylation is 2. The lowest BCUT2D eigenvalue weighted by atomic mass is 10.1. The molecule has 0 radical (unpaired) electrons. The minimum atomic E-state index is -0.905. The number of hydrogen-bond acceptors (Lipinski definition) is 3. The average Bonchev–Trinajstić information content (AvgIpc) is 2.29. The molecule has 68 valence electrons. The predicted molar refractivity (Wildman–Crippen MR) is 45.7 cm³/mol. The summed E-state index contributed by atoms with van der Waals surface area (Å²) in [6.07, 6.45) is 0. The highest BCUT2D eigenvalue weighted by Crippen LogP contribution is 2.16. The molecule has 0 bridgehead atoms. The maximum absolute atomic E-state index is 9.69. The molecule has 0 aliphatic heterocycles. The Morgan fingerprint density at radius 3 is 2.42 bits per heavy atom. The zero-order valence-corrected chi connectivity index (χ0v) is 8.00. The Bertz CT molecular complexity index is 272. The van der Waals surface area contributed by atoms with Crippen molar-refractivity contribution >= 4 is 0 Å². The van der Waals surface area contributed by atoms with Gasteiger partial charge in [0.2, 0.25) is 0 Å². The second-order valence-corrected chi connectivity index (χ2v) is 3.36. The summed E-state index contributed by atoms with van der Waals surface area (Å²) in [6.45, 7) is 7.95. The first-order chi connectivity index (χ1) is 5.45. The highest BCUT2D eigenvalue weighted by atomic mass is 16.3. The molecule has 0 atom stereocenters. The topological polar surface area (TPSA) is 50.9 Å². The smallest absolute Gasteiger partial charge is 0.158 e. The van der Waals surface area contributed by atoms with Crippen LogP contribution in [-0.4, -0.2) is 19.9 Å². The van der Waals surface area contributed by atoms with E-state index in [1.54, 1.807) is 18.5 Å². The molecule has 1 aromatic heterocycles. The van der Waals surface area contributed by atoms with Gasteiger partial charge in [-0.2, -0.15) is 5.10 Å². The summed E-state index contributed by atoms with van der Waals surface area (Å²) in [7, 11) is 0. The van der Waals surface area contributed by atoms with Gasteiger partial charge >= 0.3 is 0 Å². The van der Waals surface area contributed by atoms with Crippen molar-refractivity contribution in [3.63, 3.8) is 0 Å². The lowest BCUT2D eigenvalue weighted by Gasteiger charge is -2.16. The maximum Gasteiger partial charge on any atom is 0.158 e. The van der Waals surface area contributed by atoms with E-state index in [1.807, 2.05) is 13.8 Å². The second kappa shape index (κ2) is 2.86. The molecule has 0 aliphatic rings. The highest BCUT2D eigenvalue weighted by molar-refractivity contribution is 5.00. The van der Waals surface area contributed by atoms with Gasteiger partial charge in [0.05, 0.1) is 0 Å². The van der Waals surface area contributed by atoms with Crippen molar-refractivity contribution in [1.82, 2.24) is 14.8 Å². The van der Waals surface area contributed by atoms with Crippen molar-refractivity contribution in [1.29, 1.82) is 0 Å². The van der Waals surface area contributed by atoms with E-state index in [-0.39, 0.29) is 0 Å². The Balaban J connectivity index is 3.13. The molecule has 0 saturated heterocycles. The standard InChI is InChI=1S/C8H15N3O/c1-5-11-7(8(3,4)12)9-6(2)10-11/h12H,5H2,1-4H3. The third kappa shape index (κ3) is 1.64. The number of hydrogen-bond donors (Lipinski definition) is 1. The van der Waals surface area contributed by atoms with Crippen molar-refractivity contribution in [3.05, 3.63) is 11.6 Å². The summed E-state index contributed by atoms with van der Waals surface area (Å²) in [6, 6.07) is 0. The Morgan fingerprint density at radius 2 is 2.08 bits per heavy atom. The molecule has 0 fully saturated rings. The van der Waals surface area contributed by atoms with Crippen molar-refractivity contribution in [2.75, 3.05) is 0 Å². The number of rotatable bonds is 2. The van der Waals surface area contributed by atoms with Crippen molar-refractivity contribution < 1.29 is 5.11 Å². The summed E-state index contributed by atoms with van der Waals surface area (Å²) < 4.78 is 1.72. The zero-order valence-electron chi connectivity index (χ0n) is 8.00. The van der Waals surface area contributed by atoms with Crippen LogP contribution in [0.15, 0.2) is 0 Å². The molecule has 4 nitrogen and oxygen atoms in total. The van der Waals surface area contributed by atoms with Gasteiger partial charge in [-0.15, -0.1) is 0 Å². The van der Waals surface area contributed by atoms with Gasteiger partial charge in [-0.05, 0) is 27.7 Å². The van der Waals surface area contributed by atoms with Crippen LogP contribution in [0, 0.1) is 6.92 Å². The molecule has 0 amide bonds. The molecule has 1 N–H and O–H groups in total. The molecule has 0 saturated carbocycles. The van der Waals surface area contributed by atoms with Gasteiger partial charge in [0.1, 0.15) is 11.4 Å². The van der Waals surface area contributed by atoms with Crippen molar-refractivity contribution in [3.8, 4) is 0 Å². The van der Waals surface area contributed by atoms with Crippen LogP contribution in [0.3, 0.4) is 0 Å². The summed E-state index contributed by atoms with van der Waals surface area (Å²) in [5.74, 6) is 1.33. The minimum absolute atomic E-state index is 0.627. The highest BCUT2D eigenvalue weighted by Gasteiger charge is 2.23. The van der Waals surface area contributed by atoms with E-state index in [1.165, 1.54) is 0 Å². The van der Waals surface area contributed by atoms with Crippen LogP contribution in [0.1, 0.15) is 32.4 Å². The van der Waals surface area contributed by atoms with E-state index < -0.39 is 5.60 Å². The van der Waals surface area contributed by atoms with E-state index in [4.69, 9.17) is 0 Å². The van der Waals surface area contributed by atoms with Gasteiger partial charge in [0.15, 0.2) is 5.82 Å². The van der Waals surface area contributed by atoms with E-state index in [2.05, 4.69) is 10.1 Å². The molecule has 0 aromatic carbocycles. The molecule has 1 aromatic rings. The SMILES string of the molecule is CCn1nc(C)nc1C(C)(C)O. The van der Waals surface area contributed by atoms with E-state index >= 15 is 0 Å². The molecule has 0 spiro atoms. The molecular weight excluding hydrogens is 154 g/mol. The van der Waals surface area contributed by atoms with Crippen LogP contribution >= 0.6 is 0 Å². The van der Waals surface area contributed by atoms with E-state index in [0.717, 1.165) is 6.54 Å². The Labute approximate surface area is 72.2 Å². The minimum Gasteiger partial charge on any atom is -0.382 e. The molecule has 1 rings (SSSR count). The molecule has 12 heavy (non-hydrogen) atoms. The fraction of sp³-hybridized carbons (Fsp3) is 0.750. The molecular formula is C8H15N3O. The first-order valence-electron chi connectivity index (χ1n) is 4.09. The normalized spacial score (nSPS) is 12.1. The summed E-state index contributed by atoms with van der Waals surface area (Å²) in [5.41, 5.74) is -0.905. The van der Waals surface area contributed by atoms with Crippen LogP contribution in [0.2, 0.25) is 0 Å². The second-order valence-electron chi connectivity index (χ2n) is 3.36. The number of aliphatic hydroxyl groups is 1. The lowest BCUT2D eigenvalue weighted by Crippen LogP contribution is -2.22. The predicted octanol–water partition coefficient (Wildman–Crippen LogP) is 0.834. The van der Waals surface area contributed by atoms with Gasteiger partial charge in [-0.1, -0.05) is 0 Å². The Hall–Kier alpha value is -0.900. The van der Waals surface area contributed by atoms with Crippen molar-refractivity contribution in [2.45, 2.75) is 39.8 Å². The molecule has 0 aliphatic carbocycles. The van der Waals surface area contributed by atoms with Crippen LogP contribution in [0.4, 0.5) is 0 Å². The summed E-state index contributed by atoms with van der Waals surface area (Å²) in [4.78, 5) is 4.15. The maximum atomic E-state index is 9.69. The third-order valence-corrected chi connectivity index (χ3v) is 1.62. The van der Waals surface area contributed by atoms with Gasteiger partial charge in [0, 0.05) is 6.54 Å². The van der Waals surface area contributed by atoms with E-state index in [0.29, 0.717) is 11.6 Å². The largest absolute Gasteiger partial charge is 0.382 e. The first kappa shape index (κ1) is 9.19. The molecule has 0 unspecified atom stereocenters.